The highest BCUT2D eigenvalue weighted by Gasteiger charge is 2.54. The lowest BCUT2D eigenvalue weighted by Gasteiger charge is -2.24. The number of nitrogens with zero attached hydrogens (tertiary/aromatic N) is 3. The molecule has 4 atom stereocenters. The van der Waals surface area contributed by atoms with Gasteiger partial charge in [0.05, 0.1) is 33.6 Å². The maximum Gasteiger partial charge on any atom is 0.249 e. The van der Waals surface area contributed by atoms with Gasteiger partial charge in [-0.25, -0.2) is 23.4 Å². The van der Waals surface area contributed by atoms with Gasteiger partial charge in [-0.05, 0) is 39.3 Å². The third-order valence-corrected chi connectivity index (χ3v) is 7.95. The monoisotopic (exact) mass is 490 g/mol. The van der Waals surface area contributed by atoms with E-state index in [1.807, 2.05) is 38.1 Å². The van der Waals surface area contributed by atoms with Gasteiger partial charge in [0.1, 0.15) is 16.9 Å². The summed E-state index contributed by atoms with van der Waals surface area (Å²) in [6.07, 6.45) is 1.12. The Morgan fingerprint density at radius 3 is 2.61 bits per heavy atom. The first-order valence-electron chi connectivity index (χ1n) is 10.7. The van der Waals surface area contributed by atoms with Gasteiger partial charge in [0.15, 0.2) is 5.79 Å². The van der Waals surface area contributed by atoms with Crippen molar-refractivity contribution in [1.29, 1.82) is 0 Å². The highest BCUT2D eigenvalue weighted by atomic mass is 32.2. The number of aryl methyl sites for hydroxylation is 1. The first kappa shape index (κ1) is 22.6. The van der Waals surface area contributed by atoms with Crippen LogP contribution in [0.5, 0.6) is 0 Å². The van der Waals surface area contributed by atoms with Crippen LogP contribution in [0.15, 0.2) is 29.4 Å². The van der Waals surface area contributed by atoms with E-state index in [0.717, 1.165) is 16.5 Å². The Bertz CT molecular complexity index is 1290. The molecule has 2 fully saturated rings. The molecule has 9 nitrogen and oxygen atoms in total. The van der Waals surface area contributed by atoms with Crippen LogP contribution in [0.1, 0.15) is 26.0 Å². The Kier molecular flexibility index (Phi) is 5.44. The number of para-hydroxylation sites is 1. The molecule has 0 bridgehead atoms. The summed E-state index contributed by atoms with van der Waals surface area (Å²) in [6, 6.07) is 7.57. The molecule has 33 heavy (non-hydrogen) atoms. The summed E-state index contributed by atoms with van der Waals surface area (Å²) >= 11 is 1.50. The number of thiazole rings is 1. The largest absolute Gasteiger partial charge is 0.396 e. The molecule has 1 saturated heterocycles. The van der Waals surface area contributed by atoms with Gasteiger partial charge >= 0.3 is 0 Å². The molecule has 1 aliphatic carbocycles. The zero-order valence-corrected chi connectivity index (χ0v) is 20.4. The second-order valence-electron chi connectivity index (χ2n) is 9.07. The number of ether oxygens (including phenoxy) is 2. The fourth-order valence-corrected chi connectivity index (χ4v) is 6.26. The summed E-state index contributed by atoms with van der Waals surface area (Å²) < 4.78 is 37.8. The molecule has 0 radical (unpaired) electrons. The molecular weight excluding hydrogens is 464 g/mol. The Morgan fingerprint density at radius 2 is 1.91 bits per heavy atom. The van der Waals surface area contributed by atoms with Crippen LogP contribution < -0.4 is 5.32 Å². The molecule has 2 aliphatic rings. The molecule has 1 saturated carbocycles. The minimum atomic E-state index is -3.63. The van der Waals surface area contributed by atoms with E-state index in [2.05, 4.69) is 15.3 Å². The van der Waals surface area contributed by atoms with Crippen LogP contribution in [0.2, 0.25) is 0 Å². The van der Waals surface area contributed by atoms with Crippen molar-refractivity contribution in [3.63, 3.8) is 0 Å². The van der Waals surface area contributed by atoms with E-state index in [1.165, 1.54) is 11.3 Å². The van der Waals surface area contributed by atoms with Crippen LogP contribution in [0.3, 0.4) is 0 Å². The quantitative estimate of drug-likeness (QED) is 0.520. The predicted molar refractivity (Wildman–Crippen MR) is 125 cm³/mol. The summed E-state index contributed by atoms with van der Waals surface area (Å²) in [5.74, 6) is -0.478. The van der Waals surface area contributed by atoms with Crippen LogP contribution in [-0.2, 0) is 19.3 Å². The van der Waals surface area contributed by atoms with Crippen molar-refractivity contribution in [2.45, 2.75) is 56.4 Å². The van der Waals surface area contributed by atoms with Gasteiger partial charge in [-0.15, -0.1) is 11.3 Å². The maximum atomic E-state index is 12.3. The van der Waals surface area contributed by atoms with Crippen molar-refractivity contribution in [1.82, 2.24) is 15.0 Å². The van der Waals surface area contributed by atoms with E-state index in [0.29, 0.717) is 28.5 Å². The SMILES string of the molecule is Cc1nc(S(C)(=O)=O)nc(N[C@@H]2CC(CO)C3OC(C)(C)OC32)c1-c1nc2ccccc2s1. The van der Waals surface area contributed by atoms with E-state index in [1.54, 1.807) is 6.92 Å². The van der Waals surface area contributed by atoms with Crippen molar-refractivity contribution in [3.05, 3.63) is 30.0 Å². The highest BCUT2D eigenvalue weighted by molar-refractivity contribution is 7.90. The fraction of sp³-hybridized carbons (Fsp3) is 0.500. The highest BCUT2D eigenvalue weighted by Crippen LogP contribution is 2.44. The minimum absolute atomic E-state index is 0.0269. The van der Waals surface area contributed by atoms with Crippen molar-refractivity contribution < 1.29 is 23.0 Å². The van der Waals surface area contributed by atoms with Gasteiger partial charge in [0.25, 0.3) is 0 Å². The van der Waals surface area contributed by atoms with E-state index in [-0.39, 0.29) is 35.9 Å². The van der Waals surface area contributed by atoms with E-state index >= 15 is 0 Å². The number of aliphatic hydroxyl groups excluding tert-OH is 1. The first-order valence-corrected chi connectivity index (χ1v) is 13.4. The summed E-state index contributed by atoms with van der Waals surface area (Å²) in [5, 5.41) is 13.8. The zero-order valence-electron chi connectivity index (χ0n) is 18.8. The number of rotatable bonds is 5. The third-order valence-electron chi connectivity index (χ3n) is 6.05. The van der Waals surface area contributed by atoms with Crippen LogP contribution in [0.25, 0.3) is 20.8 Å². The molecule has 11 heteroatoms. The number of benzene rings is 1. The second-order valence-corrected chi connectivity index (χ2v) is 12.0. The zero-order chi connectivity index (χ0) is 23.5. The molecule has 3 heterocycles. The Labute approximate surface area is 196 Å². The number of fused-ring (bicyclic) bond motifs is 2. The summed E-state index contributed by atoms with van der Waals surface area (Å²) in [6.45, 7) is 5.43. The van der Waals surface area contributed by atoms with Gasteiger partial charge in [0, 0.05) is 18.8 Å². The normalized spacial score (nSPS) is 26.6. The average Bonchev–Trinajstić information content (AvgIpc) is 3.38. The fourth-order valence-electron chi connectivity index (χ4n) is 4.64. The van der Waals surface area contributed by atoms with Crippen molar-refractivity contribution >= 4 is 37.2 Å². The van der Waals surface area contributed by atoms with Gasteiger partial charge in [-0.1, -0.05) is 12.1 Å². The number of sulfone groups is 1. The smallest absolute Gasteiger partial charge is 0.249 e. The molecule has 2 N–H and O–H groups in total. The molecule has 0 spiro atoms. The van der Waals surface area contributed by atoms with Crippen LogP contribution in [0.4, 0.5) is 5.82 Å². The number of anilines is 1. The average molecular weight is 491 g/mol. The molecule has 1 aliphatic heterocycles. The van der Waals surface area contributed by atoms with Crippen LogP contribution >= 0.6 is 11.3 Å². The number of aliphatic hydroxyl groups is 1. The minimum Gasteiger partial charge on any atom is -0.396 e. The first-order chi connectivity index (χ1) is 15.6. The molecule has 5 rings (SSSR count). The lowest BCUT2D eigenvalue weighted by Crippen LogP contribution is -2.35. The molecule has 176 valence electrons. The summed E-state index contributed by atoms with van der Waals surface area (Å²) in [7, 11) is -3.63. The standard InChI is InChI=1S/C22H26N4O5S2/c1-11-16(20-25-13-7-5-6-8-15(13)32-20)19(26-21(23-11)33(4,28)29)24-14-9-12(10-27)17-18(14)31-22(2,3)30-17/h5-8,12,14,17-18,27H,9-10H2,1-4H3,(H,23,24,26)/t12?,14-,17?,18?/m1/s1. The van der Waals surface area contributed by atoms with Crippen molar-refractivity contribution in [2.24, 2.45) is 5.92 Å². The number of aromatic nitrogens is 3. The molecule has 1 aromatic carbocycles. The lowest BCUT2D eigenvalue weighted by atomic mass is 10.1. The molecule has 3 unspecified atom stereocenters. The maximum absolute atomic E-state index is 12.3. The summed E-state index contributed by atoms with van der Waals surface area (Å²) in [4.78, 5) is 13.4. The topological polar surface area (TPSA) is 124 Å². The lowest BCUT2D eigenvalue weighted by molar-refractivity contribution is -0.158. The Hall–Kier alpha value is -2.18. The van der Waals surface area contributed by atoms with Gasteiger partial charge in [-0.3, -0.25) is 0 Å². The summed E-state index contributed by atoms with van der Waals surface area (Å²) in [5.41, 5.74) is 2.03. The van der Waals surface area contributed by atoms with Gasteiger partial charge < -0.3 is 19.9 Å². The number of hydrogen-bond acceptors (Lipinski definition) is 10. The van der Waals surface area contributed by atoms with Gasteiger partial charge in [-0.2, -0.15) is 0 Å². The van der Waals surface area contributed by atoms with Crippen LogP contribution in [-0.4, -0.2) is 65.4 Å². The molecule has 0 amide bonds. The third kappa shape index (κ3) is 4.12. The van der Waals surface area contributed by atoms with Crippen molar-refractivity contribution in [3.8, 4) is 10.6 Å². The number of hydrogen-bond donors (Lipinski definition) is 2. The molecule has 2 aromatic heterocycles. The molecular formula is C22H26N4O5S2. The predicted octanol–water partition coefficient (Wildman–Crippen LogP) is 2.78. The van der Waals surface area contributed by atoms with E-state index < -0.39 is 15.6 Å². The Morgan fingerprint density at radius 1 is 1.18 bits per heavy atom. The van der Waals surface area contributed by atoms with E-state index in [9.17, 15) is 13.5 Å². The second kappa shape index (κ2) is 7.95. The van der Waals surface area contributed by atoms with Crippen molar-refractivity contribution in [2.75, 3.05) is 18.2 Å². The van der Waals surface area contributed by atoms with Gasteiger partial charge in [0.2, 0.25) is 15.0 Å². The molecule has 3 aromatic rings. The van der Waals surface area contributed by atoms with Crippen LogP contribution in [0, 0.1) is 12.8 Å². The number of nitrogens with one attached hydrogen (secondary N) is 1. The van der Waals surface area contributed by atoms with E-state index in [4.69, 9.17) is 14.5 Å². The Balaban J connectivity index is 1.60.